The lowest BCUT2D eigenvalue weighted by Crippen LogP contribution is -2.55. The summed E-state index contributed by atoms with van der Waals surface area (Å²) in [6.45, 7) is 0. The SMILES string of the molecule is CN1C(C(=O)Nc2ccc(F)c(Cl)c2)=CC(c2ccc(F)[nH]2)=NS1(=O)=O.CN1C(C(=O)Nc2ccc(F)c(Cl)c2)CC(c2ccc(F)s2)NS1(=O)=O. The number of benzene rings is 2. The van der Waals surface area contributed by atoms with Crippen molar-refractivity contribution in [2.24, 2.45) is 4.40 Å². The molecule has 2 unspecified atom stereocenters. The van der Waals surface area contributed by atoms with Crippen LogP contribution >= 0.6 is 34.5 Å². The van der Waals surface area contributed by atoms with Crippen molar-refractivity contribution in [1.29, 1.82) is 0 Å². The van der Waals surface area contributed by atoms with Gasteiger partial charge >= 0.3 is 10.2 Å². The van der Waals surface area contributed by atoms with E-state index in [0.717, 1.165) is 40.9 Å². The number of aromatic nitrogens is 1. The topological polar surface area (TPSA) is 173 Å². The Bertz CT molecular complexity index is 2340. The van der Waals surface area contributed by atoms with Gasteiger partial charge in [-0.2, -0.15) is 34.6 Å². The molecule has 0 radical (unpaired) electrons. The van der Waals surface area contributed by atoms with Gasteiger partial charge in [-0.05, 0) is 73.2 Å². The van der Waals surface area contributed by atoms with Crippen LogP contribution in [0.4, 0.5) is 28.9 Å². The highest BCUT2D eigenvalue weighted by atomic mass is 35.5. The van der Waals surface area contributed by atoms with Gasteiger partial charge in [0.2, 0.25) is 5.91 Å². The van der Waals surface area contributed by atoms with Crippen LogP contribution < -0.4 is 15.4 Å². The van der Waals surface area contributed by atoms with Crippen LogP contribution in [0.15, 0.2) is 76.8 Å². The minimum absolute atomic E-state index is 0.0919. The van der Waals surface area contributed by atoms with E-state index < -0.39 is 67.0 Å². The van der Waals surface area contributed by atoms with Gasteiger partial charge in [-0.1, -0.05) is 23.2 Å². The number of rotatable bonds is 6. The molecule has 22 heteroatoms. The lowest BCUT2D eigenvalue weighted by molar-refractivity contribution is -0.120. The molecule has 2 aromatic carbocycles. The predicted octanol–water partition coefficient (Wildman–Crippen LogP) is 5.35. The van der Waals surface area contributed by atoms with E-state index in [1.165, 1.54) is 55.6 Å². The number of nitrogens with zero attached hydrogens (tertiary/aromatic N) is 3. The molecule has 52 heavy (non-hydrogen) atoms. The molecule has 4 heterocycles. The van der Waals surface area contributed by atoms with Gasteiger partial charge in [0.15, 0.2) is 11.1 Å². The summed E-state index contributed by atoms with van der Waals surface area (Å²) in [5.74, 6) is -3.37. The fourth-order valence-corrected chi connectivity index (χ4v) is 8.19. The molecule has 2 aliphatic rings. The van der Waals surface area contributed by atoms with Crippen LogP contribution in [-0.4, -0.2) is 68.1 Å². The molecule has 1 saturated heterocycles. The van der Waals surface area contributed by atoms with Gasteiger partial charge in [-0.3, -0.25) is 9.59 Å². The first kappa shape index (κ1) is 38.9. The van der Waals surface area contributed by atoms with Gasteiger partial charge in [-0.15, -0.1) is 15.7 Å². The number of likely N-dealkylation sites (N-methyl/N-ethyl adjacent to an activating group) is 2. The highest BCUT2D eigenvalue weighted by Gasteiger charge is 2.41. The zero-order valence-corrected chi connectivity index (χ0v) is 30.5. The van der Waals surface area contributed by atoms with Crippen molar-refractivity contribution < 1.29 is 44.0 Å². The Kier molecular flexibility index (Phi) is 11.5. The molecule has 4 N–H and O–H groups in total. The molecule has 0 bridgehead atoms. The highest BCUT2D eigenvalue weighted by molar-refractivity contribution is 7.88. The van der Waals surface area contributed by atoms with Crippen LogP contribution in [0.2, 0.25) is 10.0 Å². The highest BCUT2D eigenvalue weighted by Crippen LogP contribution is 2.32. The van der Waals surface area contributed by atoms with Gasteiger partial charge in [-0.25, -0.2) is 13.1 Å². The Labute approximate surface area is 308 Å². The quantitative estimate of drug-likeness (QED) is 0.191. The smallest absolute Gasteiger partial charge is 0.330 e. The van der Waals surface area contributed by atoms with Crippen molar-refractivity contribution in [3.8, 4) is 0 Å². The van der Waals surface area contributed by atoms with Crippen molar-refractivity contribution in [3.05, 3.63) is 116 Å². The van der Waals surface area contributed by atoms with Gasteiger partial charge in [0.1, 0.15) is 29.1 Å². The number of nitrogens with one attached hydrogen (secondary N) is 4. The molecule has 0 spiro atoms. The van der Waals surface area contributed by atoms with Gasteiger partial charge in [0.25, 0.3) is 16.1 Å². The van der Waals surface area contributed by atoms with Crippen LogP contribution in [0.5, 0.6) is 0 Å². The Balaban J connectivity index is 0.000000201. The average Bonchev–Trinajstić information content (AvgIpc) is 3.71. The molecule has 1 fully saturated rings. The van der Waals surface area contributed by atoms with E-state index in [4.69, 9.17) is 23.2 Å². The average molecular weight is 823 g/mol. The van der Waals surface area contributed by atoms with Gasteiger partial charge in [0.05, 0.1) is 21.8 Å². The third-order valence-electron chi connectivity index (χ3n) is 7.50. The first-order valence-corrected chi connectivity index (χ1v) is 18.9. The van der Waals surface area contributed by atoms with Crippen LogP contribution in [0, 0.1) is 22.7 Å². The molecule has 2 aliphatic heterocycles. The fraction of sp³-hybridized carbons (Fsp3) is 0.167. The lowest BCUT2D eigenvalue weighted by Gasteiger charge is -2.35. The van der Waals surface area contributed by atoms with Crippen LogP contribution in [0.25, 0.3) is 0 Å². The van der Waals surface area contributed by atoms with E-state index in [1.807, 2.05) is 0 Å². The minimum Gasteiger partial charge on any atom is -0.330 e. The third-order valence-corrected chi connectivity index (χ3v) is 12.0. The van der Waals surface area contributed by atoms with Crippen LogP contribution in [0.3, 0.4) is 0 Å². The number of halogens is 6. The van der Waals surface area contributed by atoms with Gasteiger partial charge in [0, 0.05) is 30.3 Å². The standard InChI is InChI=1S/C15H11ClF2N4O3S.C15H14ClF2N3O3S2/c1-22-13(15(23)19-8-2-3-10(17)9(16)6-8)7-12(21-26(22,24)25)11-4-5-14(18)20-11;1-21-12(15(22)19-8-2-3-10(17)9(16)6-8)7-11(20-26(21,23)24)13-4-5-14(18)25-13/h2-7,20H,1H3,(H,19,23);2-6,11-12,20H,7H2,1H3,(H,19,22). The Hall–Kier alpha value is -4.31. The number of carbonyl (C=O) groups excluding carboxylic acids is 2. The molecule has 2 amide bonds. The van der Waals surface area contributed by atoms with E-state index in [-0.39, 0.29) is 44.9 Å². The molecule has 2 aromatic heterocycles. The van der Waals surface area contributed by atoms with Gasteiger partial charge < -0.3 is 15.6 Å². The summed E-state index contributed by atoms with van der Waals surface area (Å²) in [6.07, 6.45) is 1.29. The molecule has 0 aliphatic carbocycles. The maximum absolute atomic E-state index is 13.3. The number of hydrogen-bond donors (Lipinski definition) is 4. The number of allylic oxidation sites excluding steroid dienone is 1. The van der Waals surface area contributed by atoms with Crippen molar-refractivity contribution in [2.75, 3.05) is 24.7 Å². The zero-order chi connectivity index (χ0) is 38.1. The fourth-order valence-electron chi connectivity index (χ4n) is 4.79. The first-order valence-electron chi connectivity index (χ1n) is 14.5. The maximum atomic E-state index is 13.3. The molecular formula is C30H25Cl2F4N7O6S3. The number of hydrogen-bond acceptors (Lipinski definition) is 7. The zero-order valence-electron chi connectivity index (χ0n) is 26.5. The molecule has 4 aromatic rings. The summed E-state index contributed by atoms with van der Waals surface area (Å²) in [5, 5.41) is 4.14. The number of thiophene rings is 1. The second-order valence-corrected chi connectivity index (χ2v) is 16.2. The summed E-state index contributed by atoms with van der Waals surface area (Å²) in [4.78, 5) is 27.9. The van der Waals surface area contributed by atoms with E-state index in [1.54, 1.807) is 0 Å². The molecular weight excluding hydrogens is 797 g/mol. The molecule has 2 atom stereocenters. The Morgan fingerprint density at radius 1 is 0.885 bits per heavy atom. The van der Waals surface area contributed by atoms with Crippen molar-refractivity contribution >= 4 is 83.9 Å². The Morgan fingerprint density at radius 3 is 2.04 bits per heavy atom. The predicted molar refractivity (Wildman–Crippen MR) is 187 cm³/mol. The molecule has 6 rings (SSSR count). The number of H-pyrrole nitrogens is 1. The van der Waals surface area contributed by atoms with E-state index in [9.17, 15) is 44.0 Å². The third kappa shape index (κ3) is 8.82. The summed E-state index contributed by atoms with van der Waals surface area (Å²) in [7, 11) is -5.70. The number of carbonyl (C=O) groups is 2. The van der Waals surface area contributed by atoms with Crippen molar-refractivity contribution in [3.63, 3.8) is 0 Å². The Morgan fingerprint density at radius 2 is 1.50 bits per heavy atom. The van der Waals surface area contributed by atoms with Crippen molar-refractivity contribution in [1.82, 2.24) is 18.3 Å². The molecule has 276 valence electrons. The van der Waals surface area contributed by atoms with Crippen molar-refractivity contribution in [2.45, 2.75) is 18.5 Å². The summed E-state index contributed by atoms with van der Waals surface area (Å²) >= 11 is 12.2. The normalized spacial score (nSPS) is 19.5. The van der Waals surface area contributed by atoms with E-state index >= 15 is 0 Å². The first-order chi connectivity index (χ1) is 24.3. The maximum Gasteiger partial charge on any atom is 0.345 e. The molecule has 13 nitrogen and oxygen atoms in total. The van der Waals surface area contributed by atoms with E-state index in [0.29, 0.717) is 9.18 Å². The largest absolute Gasteiger partial charge is 0.345 e. The summed E-state index contributed by atoms with van der Waals surface area (Å²) in [6, 6.07) is 10.5. The second-order valence-electron chi connectivity index (χ2n) is 11.0. The summed E-state index contributed by atoms with van der Waals surface area (Å²) in [5.41, 5.74) is 0.113. The van der Waals surface area contributed by atoms with Crippen LogP contribution in [0.1, 0.15) is 23.0 Å². The van der Waals surface area contributed by atoms with E-state index in [2.05, 4.69) is 24.7 Å². The lowest BCUT2D eigenvalue weighted by atomic mass is 10.1. The minimum atomic E-state index is -4.19. The second kappa shape index (κ2) is 15.3. The molecule has 0 saturated carbocycles. The summed E-state index contributed by atoms with van der Waals surface area (Å²) < 4.78 is 109. The number of aromatic amines is 1. The number of anilines is 2. The van der Waals surface area contributed by atoms with Crippen LogP contribution in [-0.2, 0) is 30.0 Å². The number of amides is 2. The monoisotopic (exact) mass is 821 g/mol.